The summed E-state index contributed by atoms with van der Waals surface area (Å²) in [5.74, 6) is -1.15. The number of aryl methyl sites for hydroxylation is 1. The fourth-order valence-electron chi connectivity index (χ4n) is 3.20. The Morgan fingerprint density at radius 2 is 2.03 bits per heavy atom. The average Bonchev–Trinajstić information content (AvgIpc) is 3.41. The van der Waals surface area contributed by atoms with Crippen molar-refractivity contribution in [2.24, 2.45) is 0 Å². The standard InChI is InChI=1S/C20H15ClF2N4O2S2.C2H6/c1-10-25-18(20(28)29-2)19(30-10)17(13-5-3-11(21)7-14(13)22)26-12-4-6-16-15(8-12)24-9-27(16)31-23;1-2/h3-9,17,26H,1-2H3;1-2H3. The van der Waals surface area contributed by atoms with Gasteiger partial charge in [0.2, 0.25) is 0 Å². The number of fused-ring (bicyclic) bond motifs is 1. The lowest BCUT2D eigenvalue weighted by molar-refractivity contribution is 0.0593. The quantitative estimate of drug-likeness (QED) is 0.282. The van der Waals surface area contributed by atoms with Crippen molar-refractivity contribution in [1.82, 2.24) is 13.9 Å². The molecule has 2 heterocycles. The van der Waals surface area contributed by atoms with Crippen LogP contribution in [0.25, 0.3) is 11.0 Å². The van der Waals surface area contributed by atoms with Crippen molar-refractivity contribution < 1.29 is 17.8 Å². The topological polar surface area (TPSA) is 69.0 Å². The van der Waals surface area contributed by atoms with Crippen LogP contribution < -0.4 is 5.32 Å². The van der Waals surface area contributed by atoms with Crippen LogP contribution in [-0.2, 0) is 4.74 Å². The zero-order chi connectivity index (χ0) is 24.1. The van der Waals surface area contributed by atoms with Crippen LogP contribution in [0.2, 0.25) is 5.02 Å². The molecule has 0 saturated heterocycles. The second-order valence-electron chi connectivity index (χ2n) is 6.52. The van der Waals surface area contributed by atoms with E-state index >= 15 is 0 Å². The monoisotopic (exact) mass is 510 g/mol. The van der Waals surface area contributed by atoms with Gasteiger partial charge >= 0.3 is 5.97 Å². The maximum absolute atomic E-state index is 14.9. The summed E-state index contributed by atoms with van der Waals surface area (Å²) in [6.45, 7) is 5.75. The minimum absolute atomic E-state index is 0.0458. The van der Waals surface area contributed by atoms with Crippen LogP contribution in [0.5, 0.6) is 0 Å². The van der Waals surface area contributed by atoms with E-state index in [1.807, 2.05) is 13.8 Å². The molecule has 0 aliphatic rings. The molecule has 4 aromatic rings. The number of anilines is 1. The highest BCUT2D eigenvalue weighted by Gasteiger charge is 2.28. The van der Waals surface area contributed by atoms with Gasteiger partial charge in [-0.2, -0.15) is 0 Å². The summed E-state index contributed by atoms with van der Waals surface area (Å²) in [5.41, 5.74) is 2.14. The molecule has 0 radical (unpaired) electrons. The number of thiazole rings is 1. The Morgan fingerprint density at radius 3 is 2.70 bits per heavy atom. The Morgan fingerprint density at radius 1 is 1.27 bits per heavy atom. The number of nitrogens with one attached hydrogen (secondary N) is 1. The fraction of sp³-hybridized carbons (Fsp3) is 0.227. The van der Waals surface area contributed by atoms with E-state index in [0.29, 0.717) is 26.6 Å². The van der Waals surface area contributed by atoms with Crippen molar-refractivity contribution in [3.8, 4) is 0 Å². The molecule has 0 aliphatic carbocycles. The molecule has 2 aromatic carbocycles. The van der Waals surface area contributed by atoms with Gasteiger partial charge in [0.1, 0.15) is 12.1 Å². The number of imidazole rings is 1. The van der Waals surface area contributed by atoms with Crippen molar-refractivity contribution in [1.29, 1.82) is 0 Å². The van der Waals surface area contributed by atoms with E-state index in [1.165, 1.54) is 34.8 Å². The smallest absolute Gasteiger partial charge is 0.357 e. The highest BCUT2D eigenvalue weighted by atomic mass is 35.5. The number of hydrogen-bond acceptors (Lipinski definition) is 7. The molecule has 33 heavy (non-hydrogen) atoms. The van der Waals surface area contributed by atoms with Crippen molar-refractivity contribution in [2.45, 2.75) is 26.8 Å². The van der Waals surface area contributed by atoms with Gasteiger partial charge in [-0.3, -0.25) is 0 Å². The third-order valence-electron chi connectivity index (χ3n) is 4.57. The Balaban J connectivity index is 0.00000149. The van der Waals surface area contributed by atoms with Gasteiger partial charge in [0.05, 0.1) is 34.1 Å². The minimum Gasteiger partial charge on any atom is -0.464 e. The molecular formula is C22H21ClF2N4O2S2. The van der Waals surface area contributed by atoms with Gasteiger partial charge in [-0.15, -0.1) is 15.2 Å². The normalized spacial score (nSPS) is 11.6. The van der Waals surface area contributed by atoms with Crippen LogP contribution in [0.1, 0.15) is 45.8 Å². The van der Waals surface area contributed by atoms with Gasteiger partial charge in [-0.25, -0.2) is 23.1 Å². The van der Waals surface area contributed by atoms with E-state index in [2.05, 4.69) is 15.3 Å². The maximum Gasteiger partial charge on any atom is 0.357 e. The highest BCUT2D eigenvalue weighted by Crippen LogP contribution is 2.36. The summed E-state index contributed by atoms with van der Waals surface area (Å²) >= 11 is 7.23. The van der Waals surface area contributed by atoms with Gasteiger partial charge in [0, 0.05) is 16.3 Å². The predicted molar refractivity (Wildman–Crippen MR) is 130 cm³/mol. The lowest BCUT2D eigenvalue weighted by atomic mass is 10.0. The number of rotatable bonds is 6. The number of halogens is 3. The molecule has 2 aromatic heterocycles. The molecule has 1 atom stereocenters. The third kappa shape index (κ3) is 5.29. The van der Waals surface area contributed by atoms with Crippen LogP contribution in [0.4, 0.5) is 14.0 Å². The van der Waals surface area contributed by atoms with Gasteiger partial charge in [-0.1, -0.05) is 31.5 Å². The second-order valence-corrected chi connectivity index (χ2v) is 8.73. The molecule has 11 heteroatoms. The third-order valence-corrected chi connectivity index (χ3v) is 6.29. The minimum atomic E-state index is -0.757. The molecule has 6 nitrogen and oxygen atoms in total. The number of methoxy groups -OCH3 is 1. The van der Waals surface area contributed by atoms with E-state index in [4.69, 9.17) is 16.3 Å². The van der Waals surface area contributed by atoms with Gasteiger partial charge in [0.15, 0.2) is 18.0 Å². The van der Waals surface area contributed by atoms with Gasteiger partial charge < -0.3 is 10.1 Å². The van der Waals surface area contributed by atoms with Crippen LogP contribution in [0.3, 0.4) is 0 Å². The first-order chi connectivity index (χ1) is 15.9. The molecule has 1 unspecified atom stereocenters. The summed E-state index contributed by atoms with van der Waals surface area (Å²) in [6, 6.07) is 8.72. The molecule has 1 N–H and O–H groups in total. The van der Waals surface area contributed by atoms with Crippen molar-refractivity contribution in [3.63, 3.8) is 0 Å². The summed E-state index contributed by atoms with van der Waals surface area (Å²) in [6.07, 6.45) is 1.37. The van der Waals surface area contributed by atoms with E-state index in [-0.39, 0.29) is 28.6 Å². The SMILES string of the molecule is CC.COC(=O)c1nc(C)sc1C(Nc1ccc2c(c1)ncn2SF)c1ccc(Cl)cc1F. The molecule has 4 rings (SSSR count). The number of benzene rings is 2. The number of esters is 1. The molecule has 0 fully saturated rings. The zero-order valence-corrected chi connectivity index (χ0v) is 20.6. The number of carbonyl (C=O) groups excluding carboxylic acids is 1. The summed E-state index contributed by atoms with van der Waals surface area (Å²) in [4.78, 5) is 21.3. The van der Waals surface area contributed by atoms with E-state index in [0.717, 1.165) is 0 Å². The van der Waals surface area contributed by atoms with E-state index in [1.54, 1.807) is 37.3 Å². The first-order valence-electron chi connectivity index (χ1n) is 9.94. The highest BCUT2D eigenvalue weighted by molar-refractivity contribution is 7.92. The molecule has 0 amide bonds. The molecule has 0 bridgehead atoms. The number of nitrogens with zero attached hydrogens (tertiary/aromatic N) is 3. The Labute approximate surface area is 203 Å². The first-order valence-corrected chi connectivity index (χ1v) is 11.8. The summed E-state index contributed by atoms with van der Waals surface area (Å²) < 4.78 is 34.0. The Bertz CT molecular complexity index is 1280. The number of ether oxygens (including phenoxy) is 1. The molecule has 174 valence electrons. The van der Waals surface area contributed by atoms with Gasteiger partial charge in [-0.05, 0) is 37.3 Å². The van der Waals surface area contributed by atoms with Gasteiger partial charge in [0.25, 0.3) is 0 Å². The fourth-order valence-corrected chi connectivity index (χ4v) is 4.66. The summed E-state index contributed by atoms with van der Waals surface area (Å²) in [5, 5.41) is 4.14. The van der Waals surface area contributed by atoms with Crippen LogP contribution >= 0.6 is 35.3 Å². The van der Waals surface area contributed by atoms with Crippen LogP contribution in [0.15, 0.2) is 42.7 Å². The first kappa shape index (κ1) is 24.9. The molecule has 0 spiro atoms. The summed E-state index contributed by atoms with van der Waals surface area (Å²) in [7, 11) is 1.26. The maximum atomic E-state index is 14.9. The number of hydrogen-bond donors (Lipinski definition) is 1. The molecular weight excluding hydrogens is 490 g/mol. The van der Waals surface area contributed by atoms with Crippen molar-refractivity contribution in [3.05, 3.63) is 74.7 Å². The van der Waals surface area contributed by atoms with Crippen molar-refractivity contribution >= 4 is 58.0 Å². The van der Waals surface area contributed by atoms with Crippen LogP contribution in [0, 0.1) is 12.7 Å². The van der Waals surface area contributed by atoms with Crippen molar-refractivity contribution in [2.75, 3.05) is 12.4 Å². The molecule has 0 saturated carbocycles. The zero-order valence-electron chi connectivity index (χ0n) is 18.2. The lowest BCUT2D eigenvalue weighted by Crippen LogP contribution is -2.17. The Kier molecular flexibility index (Phi) is 8.28. The van der Waals surface area contributed by atoms with E-state index in [9.17, 15) is 13.1 Å². The Hall–Kier alpha value is -2.69. The predicted octanol–water partition coefficient (Wildman–Crippen LogP) is 6.99. The number of aromatic nitrogens is 3. The average molecular weight is 511 g/mol. The largest absolute Gasteiger partial charge is 0.464 e. The molecule has 0 aliphatic heterocycles. The van der Waals surface area contributed by atoms with Crippen LogP contribution in [-0.4, -0.2) is 27.0 Å². The lowest BCUT2D eigenvalue weighted by Gasteiger charge is -2.21. The van der Waals surface area contributed by atoms with E-state index < -0.39 is 17.8 Å². The second kappa shape index (κ2) is 11.0. The number of carbonyl (C=O) groups is 1.